The molecule has 1 aromatic heterocycles. The topological polar surface area (TPSA) is 53.5 Å². The van der Waals surface area contributed by atoms with E-state index in [0.29, 0.717) is 12.0 Å². The third kappa shape index (κ3) is 2.88. The van der Waals surface area contributed by atoms with E-state index in [2.05, 4.69) is 4.98 Å². The summed E-state index contributed by atoms with van der Waals surface area (Å²) < 4.78 is 0. The lowest BCUT2D eigenvalue weighted by Gasteiger charge is -2.43. The van der Waals surface area contributed by atoms with Gasteiger partial charge in [-0.2, -0.15) is 0 Å². The number of carbonyl (C=O) groups is 2. The van der Waals surface area contributed by atoms with Crippen molar-refractivity contribution >= 4 is 22.7 Å². The molecule has 2 aromatic rings. The van der Waals surface area contributed by atoms with E-state index in [1.165, 1.54) is 0 Å². The molecule has 0 unspecified atom stereocenters. The fraction of sp³-hybridized carbons (Fsp3) is 0.450. The Kier molecular flexibility index (Phi) is 4.15. The summed E-state index contributed by atoms with van der Waals surface area (Å²) in [5.41, 5.74) is 1.61. The van der Waals surface area contributed by atoms with Crippen LogP contribution >= 0.6 is 0 Å². The van der Waals surface area contributed by atoms with Crippen molar-refractivity contribution in [2.24, 2.45) is 0 Å². The third-order valence-electron chi connectivity index (χ3n) is 5.64. The maximum atomic E-state index is 13.2. The summed E-state index contributed by atoms with van der Waals surface area (Å²) in [5, 5.41) is 0.982. The van der Waals surface area contributed by atoms with Crippen molar-refractivity contribution in [2.75, 3.05) is 13.6 Å². The standard InChI is InChI=1S/C20H23N3O2/c1-22-17-7-4-12-23(18(17)6-2-8-19(22)24)20(25)15-9-10-16-14(13-15)5-3-11-21-16/h3,5,9-11,13,17-18H,2,4,6-8,12H2,1H3/t17-,18-/m1/s1. The van der Waals surface area contributed by atoms with Crippen LogP contribution in [0.4, 0.5) is 0 Å². The van der Waals surface area contributed by atoms with E-state index in [1.807, 2.05) is 47.2 Å². The molecule has 0 spiro atoms. The molecule has 2 aliphatic rings. The Hall–Kier alpha value is -2.43. The number of piperidine rings is 1. The summed E-state index contributed by atoms with van der Waals surface area (Å²) in [6.07, 6.45) is 6.04. The van der Waals surface area contributed by atoms with Crippen LogP contribution in [-0.2, 0) is 4.79 Å². The van der Waals surface area contributed by atoms with Crippen LogP contribution in [0.25, 0.3) is 10.9 Å². The lowest BCUT2D eigenvalue weighted by atomic mass is 9.92. The van der Waals surface area contributed by atoms with Crippen molar-refractivity contribution in [3.05, 3.63) is 42.1 Å². The van der Waals surface area contributed by atoms with Gasteiger partial charge in [0.2, 0.25) is 5.91 Å². The van der Waals surface area contributed by atoms with Gasteiger partial charge in [-0.25, -0.2) is 0 Å². The number of fused-ring (bicyclic) bond motifs is 2. The van der Waals surface area contributed by atoms with Gasteiger partial charge in [-0.15, -0.1) is 0 Å². The van der Waals surface area contributed by atoms with Gasteiger partial charge >= 0.3 is 0 Å². The second kappa shape index (κ2) is 6.47. The lowest BCUT2D eigenvalue weighted by molar-refractivity contribution is -0.132. The summed E-state index contributed by atoms with van der Waals surface area (Å²) in [5.74, 6) is 0.279. The summed E-state index contributed by atoms with van der Waals surface area (Å²) >= 11 is 0. The van der Waals surface area contributed by atoms with Gasteiger partial charge in [-0.1, -0.05) is 6.07 Å². The summed E-state index contributed by atoms with van der Waals surface area (Å²) in [6.45, 7) is 0.771. The predicted octanol–water partition coefficient (Wildman–Crippen LogP) is 2.85. The maximum absolute atomic E-state index is 13.2. The molecule has 4 rings (SSSR count). The summed E-state index contributed by atoms with van der Waals surface area (Å²) in [7, 11) is 1.89. The fourth-order valence-electron chi connectivity index (χ4n) is 4.29. The highest BCUT2D eigenvalue weighted by Gasteiger charge is 2.39. The number of carbonyl (C=O) groups excluding carboxylic acids is 2. The maximum Gasteiger partial charge on any atom is 0.254 e. The highest BCUT2D eigenvalue weighted by atomic mass is 16.2. The van der Waals surface area contributed by atoms with Gasteiger partial charge in [0.25, 0.3) is 5.91 Å². The van der Waals surface area contributed by atoms with Crippen LogP contribution < -0.4 is 0 Å². The van der Waals surface area contributed by atoms with E-state index in [1.54, 1.807) is 6.20 Å². The molecule has 0 radical (unpaired) electrons. The highest BCUT2D eigenvalue weighted by Crippen LogP contribution is 2.30. The van der Waals surface area contributed by atoms with Gasteiger partial charge in [0.15, 0.2) is 0 Å². The average molecular weight is 337 g/mol. The molecule has 0 saturated carbocycles. The van der Waals surface area contributed by atoms with Gasteiger partial charge in [0.05, 0.1) is 17.6 Å². The predicted molar refractivity (Wildman–Crippen MR) is 96.2 cm³/mol. The minimum Gasteiger partial charge on any atom is -0.341 e. The highest BCUT2D eigenvalue weighted by molar-refractivity contribution is 5.98. The molecule has 0 aliphatic carbocycles. The first kappa shape index (κ1) is 16.1. The first-order chi connectivity index (χ1) is 12.1. The fourth-order valence-corrected chi connectivity index (χ4v) is 4.29. The number of pyridine rings is 1. The first-order valence-electron chi connectivity index (χ1n) is 9.06. The Morgan fingerprint density at radius 2 is 2.00 bits per heavy atom. The average Bonchev–Trinajstić information content (AvgIpc) is 2.80. The Bertz CT molecular complexity index is 819. The van der Waals surface area contributed by atoms with Crippen molar-refractivity contribution in [3.63, 3.8) is 0 Å². The summed E-state index contributed by atoms with van der Waals surface area (Å²) in [6, 6.07) is 9.85. The molecule has 2 atom stereocenters. The lowest BCUT2D eigenvalue weighted by Crippen LogP contribution is -2.56. The van der Waals surface area contributed by atoms with E-state index >= 15 is 0 Å². The van der Waals surface area contributed by atoms with E-state index in [-0.39, 0.29) is 23.9 Å². The van der Waals surface area contributed by atoms with Crippen LogP contribution in [0.5, 0.6) is 0 Å². The van der Waals surface area contributed by atoms with Crippen molar-refractivity contribution < 1.29 is 9.59 Å². The molecule has 0 bridgehead atoms. The molecule has 5 nitrogen and oxygen atoms in total. The Balaban J connectivity index is 1.64. The molecule has 5 heteroatoms. The Morgan fingerprint density at radius 3 is 2.88 bits per heavy atom. The second-order valence-electron chi connectivity index (χ2n) is 7.08. The minimum absolute atomic E-state index is 0.0724. The van der Waals surface area contributed by atoms with Gasteiger partial charge in [0, 0.05) is 37.2 Å². The van der Waals surface area contributed by atoms with Crippen LogP contribution in [0.3, 0.4) is 0 Å². The molecule has 25 heavy (non-hydrogen) atoms. The zero-order chi connectivity index (χ0) is 17.4. The van der Waals surface area contributed by atoms with Crippen LogP contribution in [-0.4, -0.2) is 52.3 Å². The number of likely N-dealkylation sites (tertiary alicyclic amines) is 2. The SMILES string of the molecule is CN1C(=O)CCC[C@@H]2[C@H]1CCCN2C(=O)c1ccc2ncccc2c1. The van der Waals surface area contributed by atoms with Gasteiger partial charge < -0.3 is 9.80 Å². The van der Waals surface area contributed by atoms with Crippen molar-refractivity contribution in [3.8, 4) is 0 Å². The third-order valence-corrected chi connectivity index (χ3v) is 5.64. The molecule has 2 amide bonds. The minimum atomic E-state index is 0.0724. The normalized spacial score (nSPS) is 24.1. The smallest absolute Gasteiger partial charge is 0.254 e. The van der Waals surface area contributed by atoms with Crippen molar-refractivity contribution in [1.82, 2.24) is 14.8 Å². The molecule has 0 N–H and O–H groups in total. The monoisotopic (exact) mass is 337 g/mol. The number of likely N-dealkylation sites (N-methyl/N-ethyl adjacent to an activating group) is 1. The number of nitrogens with zero attached hydrogens (tertiary/aromatic N) is 3. The van der Waals surface area contributed by atoms with Gasteiger partial charge in [-0.3, -0.25) is 14.6 Å². The molecule has 2 aliphatic heterocycles. The second-order valence-corrected chi connectivity index (χ2v) is 7.08. The molecule has 2 fully saturated rings. The molecule has 130 valence electrons. The van der Waals surface area contributed by atoms with Crippen molar-refractivity contribution in [1.29, 1.82) is 0 Å². The van der Waals surface area contributed by atoms with Crippen LogP contribution in [0.2, 0.25) is 0 Å². The largest absolute Gasteiger partial charge is 0.341 e. The quantitative estimate of drug-likeness (QED) is 0.804. The zero-order valence-electron chi connectivity index (χ0n) is 14.5. The number of benzene rings is 1. The number of hydrogen-bond donors (Lipinski definition) is 0. The van der Waals surface area contributed by atoms with Crippen LogP contribution in [0.1, 0.15) is 42.5 Å². The van der Waals surface area contributed by atoms with E-state index in [0.717, 1.165) is 43.1 Å². The molecule has 2 saturated heterocycles. The van der Waals surface area contributed by atoms with Gasteiger partial charge in [0.1, 0.15) is 0 Å². The molecule has 3 heterocycles. The molecular weight excluding hydrogens is 314 g/mol. The Morgan fingerprint density at radius 1 is 1.16 bits per heavy atom. The van der Waals surface area contributed by atoms with E-state index < -0.39 is 0 Å². The van der Waals surface area contributed by atoms with E-state index in [9.17, 15) is 9.59 Å². The number of hydrogen-bond acceptors (Lipinski definition) is 3. The zero-order valence-corrected chi connectivity index (χ0v) is 14.5. The van der Waals surface area contributed by atoms with E-state index in [4.69, 9.17) is 0 Å². The number of aromatic nitrogens is 1. The first-order valence-corrected chi connectivity index (χ1v) is 9.06. The Labute approximate surface area is 147 Å². The van der Waals surface area contributed by atoms with Crippen LogP contribution in [0.15, 0.2) is 36.5 Å². The summed E-state index contributed by atoms with van der Waals surface area (Å²) in [4.78, 5) is 33.6. The molecule has 1 aromatic carbocycles. The van der Waals surface area contributed by atoms with Crippen molar-refractivity contribution in [2.45, 2.75) is 44.2 Å². The molecular formula is C20H23N3O2. The van der Waals surface area contributed by atoms with Gasteiger partial charge in [-0.05, 0) is 49.9 Å². The van der Waals surface area contributed by atoms with Crippen LogP contribution in [0, 0.1) is 0 Å². The number of amides is 2. The number of rotatable bonds is 1.